The molecule has 0 aromatic rings. The first-order valence-electron chi connectivity index (χ1n) is 14.0. The van der Waals surface area contributed by atoms with Crippen molar-refractivity contribution in [3.8, 4) is 0 Å². The molecule has 4 heteroatoms. The molecule has 190 valence electrons. The molecule has 0 aromatic heterocycles. The average molecular weight is 455 g/mol. The Labute approximate surface area is 199 Å². The van der Waals surface area contributed by atoms with Gasteiger partial charge in [-0.15, -0.1) is 0 Å². The van der Waals surface area contributed by atoms with Gasteiger partial charge in [-0.05, 0) is 25.7 Å². The minimum Gasteiger partial charge on any atom is -0.481 e. The highest BCUT2D eigenvalue weighted by molar-refractivity contribution is 5.70. The van der Waals surface area contributed by atoms with E-state index in [0.717, 1.165) is 51.4 Å². The molecule has 2 unspecified atom stereocenters. The van der Waals surface area contributed by atoms with Gasteiger partial charge in [0.2, 0.25) is 0 Å². The highest BCUT2D eigenvalue weighted by Crippen LogP contribution is 2.22. The van der Waals surface area contributed by atoms with Gasteiger partial charge in [-0.2, -0.15) is 0 Å². The molecule has 0 radical (unpaired) electrons. The Morgan fingerprint density at radius 3 is 0.906 bits per heavy atom. The fourth-order valence-corrected chi connectivity index (χ4v) is 4.61. The molecule has 0 amide bonds. The van der Waals surface area contributed by atoms with Crippen LogP contribution >= 0.6 is 0 Å². The summed E-state index contributed by atoms with van der Waals surface area (Å²) < 4.78 is 0. The van der Waals surface area contributed by atoms with Crippen LogP contribution in [0.25, 0.3) is 0 Å². The van der Waals surface area contributed by atoms with Crippen LogP contribution in [-0.2, 0) is 9.59 Å². The SMILES string of the molecule is CCCCCCCCCCC(CCCCC(CCCCCCCCCC)C(=O)O)C(=O)O. The molecular weight excluding hydrogens is 400 g/mol. The van der Waals surface area contributed by atoms with Gasteiger partial charge in [-0.25, -0.2) is 0 Å². The van der Waals surface area contributed by atoms with Gasteiger partial charge in [-0.1, -0.05) is 129 Å². The molecule has 0 heterocycles. The van der Waals surface area contributed by atoms with Crippen LogP contribution in [0.1, 0.15) is 155 Å². The van der Waals surface area contributed by atoms with E-state index < -0.39 is 11.9 Å². The van der Waals surface area contributed by atoms with Crippen molar-refractivity contribution in [2.24, 2.45) is 11.8 Å². The lowest BCUT2D eigenvalue weighted by atomic mass is 9.91. The van der Waals surface area contributed by atoms with E-state index in [1.807, 2.05) is 0 Å². The molecule has 2 atom stereocenters. The van der Waals surface area contributed by atoms with E-state index in [0.29, 0.717) is 12.8 Å². The monoisotopic (exact) mass is 454 g/mol. The maximum absolute atomic E-state index is 11.6. The minimum absolute atomic E-state index is 0.258. The molecule has 0 aromatic carbocycles. The third-order valence-corrected chi connectivity index (χ3v) is 6.87. The molecule has 0 saturated heterocycles. The highest BCUT2D eigenvalue weighted by atomic mass is 16.4. The molecule has 0 rings (SSSR count). The number of hydrogen-bond donors (Lipinski definition) is 2. The van der Waals surface area contributed by atoms with Crippen LogP contribution in [0, 0.1) is 11.8 Å². The van der Waals surface area contributed by atoms with Gasteiger partial charge in [0, 0.05) is 0 Å². The predicted octanol–water partition coefficient (Wildman–Crippen LogP) is 9.01. The van der Waals surface area contributed by atoms with Gasteiger partial charge in [0.15, 0.2) is 0 Å². The number of carboxylic acids is 2. The Morgan fingerprint density at radius 1 is 0.438 bits per heavy atom. The van der Waals surface area contributed by atoms with Gasteiger partial charge < -0.3 is 10.2 Å². The van der Waals surface area contributed by atoms with Crippen molar-refractivity contribution in [3.63, 3.8) is 0 Å². The topological polar surface area (TPSA) is 74.6 Å². The van der Waals surface area contributed by atoms with Gasteiger partial charge in [0.25, 0.3) is 0 Å². The summed E-state index contributed by atoms with van der Waals surface area (Å²) in [7, 11) is 0. The van der Waals surface area contributed by atoms with Gasteiger partial charge >= 0.3 is 11.9 Å². The number of unbranched alkanes of at least 4 members (excludes halogenated alkanes) is 15. The number of aliphatic carboxylic acids is 2. The average Bonchev–Trinajstić information content (AvgIpc) is 2.76. The molecule has 0 aliphatic heterocycles. The van der Waals surface area contributed by atoms with Crippen LogP contribution in [0.15, 0.2) is 0 Å². The van der Waals surface area contributed by atoms with Gasteiger partial charge in [-0.3, -0.25) is 9.59 Å². The third-order valence-electron chi connectivity index (χ3n) is 6.87. The normalized spacial score (nSPS) is 13.2. The van der Waals surface area contributed by atoms with Gasteiger partial charge in [0.1, 0.15) is 0 Å². The number of carbonyl (C=O) groups is 2. The summed E-state index contributed by atoms with van der Waals surface area (Å²) in [5, 5.41) is 19.0. The molecule has 0 saturated carbocycles. The van der Waals surface area contributed by atoms with Crippen LogP contribution in [0.2, 0.25) is 0 Å². The lowest BCUT2D eigenvalue weighted by Gasteiger charge is -2.14. The first-order valence-corrected chi connectivity index (χ1v) is 14.0. The fourth-order valence-electron chi connectivity index (χ4n) is 4.61. The summed E-state index contributed by atoms with van der Waals surface area (Å²) in [6, 6.07) is 0. The maximum Gasteiger partial charge on any atom is 0.306 e. The fraction of sp³-hybridized carbons (Fsp3) is 0.929. The van der Waals surface area contributed by atoms with Crippen molar-refractivity contribution >= 4 is 11.9 Å². The third kappa shape index (κ3) is 19.6. The quantitative estimate of drug-likeness (QED) is 0.135. The summed E-state index contributed by atoms with van der Waals surface area (Å²) in [6.07, 6.45) is 24.3. The second-order valence-corrected chi connectivity index (χ2v) is 9.88. The molecule has 32 heavy (non-hydrogen) atoms. The molecule has 0 fully saturated rings. The Hall–Kier alpha value is -1.06. The molecular formula is C28H54O4. The van der Waals surface area contributed by atoms with Crippen molar-refractivity contribution < 1.29 is 19.8 Å². The second-order valence-electron chi connectivity index (χ2n) is 9.88. The van der Waals surface area contributed by atoms with E-state index >= 15 is 0 Å². The molecule has 4 nitrogen and oxygen atoms in total. The van der Waals surface area contributed by atoms with E-state index in [1.165, 1.54) is 77.0 Å². The molecule has 0 bridgehead atoms. The van der Waals surface area contributed by atoms with E-state index in [-0.39, 0.29) is 11.8 Å². The first kappa shape index (κ1) is 30.9. The summed E-state index contributed by atoms with van der Waals surface area (Å²) in [6.45, 7) is 4.45. The Kier molecular flexibility index (Phi) is 22.3. The first-order chi connectivity index (χ1) is 15.5. The van der Waals surface area contributed by atoms with Crippen molar-refractivity contribution in [1.29, 1.82) is 0 Å². The van der Waals surface area contributed by atoms with Gasteiger partial charge in [0.05, 0.1) is 11.8 Å². The van der Waals surface area contributed by atoms with Crippen LogP contribution in [-0.4, -0.2) is 22.2 Å². The van der Waals surface area contributed by atoms with Crippen LogP contribution in [0.4, 0.5) is 0 Å². The lowest BCUT2D eigenvalue weighted by Crippen LogP contribution is -2.15. The van der Waals surface area contributed by atoms with E-state index in [2.05, 4.69) is 13.8 Å². The zero-order chi connectivity index (χ0) is 23.9. The van der Waals surface area contributed by atoms with Crippen molar-refractivity contribution in [2.75, 3.05) is 0 Å². The van der Waals surface area contributed by atoms with Crippen LogP contribution < -0.4 is 0 Å². The second kappa shape index (κ2) is 23.1. The number of rotatable bonds is 25. The summed E-state index contributed by atoms with van der Waals surface area (Å²) in [4.78, 5) is 23.1. The maximum atomic E-state index is 11.6. The van der Waals surface area contributed by atoms with Crippen molar-refractivity contribution in [1.82, 2.24) is 0 Å². The van der Waals surface area contributed by atoms with E-state index in [9.17, 15) is 19.8 Å². The summed E-state index contributed by atoms with van der Waals surface area (Å²) in [5.41, 5.74) is 0. The molecule has 0 aliphatic carbocycles. The minimum atomic E-state index is -0.679. The number of hydrogen-bond acceptors (Lipinski definition) is 2. The zero-order valence-electron chi connectivity index (χ0n) is 21.4. The summed E-state index contributed by atoms with van der Waals surface area (Å²) in [5.74, 6) is -1.87. The Balaban J connectivity index is 3.87. The molecule has 0 aliphatic rings. The largest absolute Gasteiger partial charge is 0.481 e. The predicted molar refractivity (Wildman–Crippen MR) is 135 cm³/mol. The molecule has 0 spiro atoms. The van der Waals surface area contributed by atoms with Crippen molar-refractivity contribution in [3.05, 3.63) is 0 Å². The summed E-state index contributed by atoms with van der Waals surface area (Å²) >= 11 is 0. The lowest BCUT2D eigenvalue weighted by molar-refractivity contribution is -0.143. The zero-order valence-corrected chi connectivity index (χ0v) is 21.4. The van der Waals surface area contributed by atoms with Crippen LogP contribution in [0.3, 0.4) is 0 Å². The smallest absolute Gasteiger partial charge is 0.306 e. The van der Waals surface area contributed by atoms with Crippen molar-refractivity contribution in [2.45, 2.75) is 155 Å². The highest BCUT2D eigenvalue weighted by Gasteiger charge is 2.19. The molecule has 2 N–H and O–H groups in total. The number of carboxylic acid groups (broad SMARTS) is 2. The van der Waals surface area contributed by atoms with Crippen LogP contribution in [0.5, 0.6) is 0 Å². The Bertz CT molecular complexity index is 395. The Morgan fingerprint density at radius 2 is 0.656 bits per heavy atom. The standard InChI is InChI=1S/C28H54O4/c1-3-5-7-9-11-13-15-17-21-25(27(29)30)23-19-20-24-26(28(31)32)22-18-16-14-12-10-8-6-4-2/h25-26H,3-24H2,1-2H3,(H,29,30)(H,31,32). The van der Waals surface area contributed by atoms with E-state index in [1.54, 1.807) is 0 Å². The van der Waals surface area contributed by atoms with E-state index in [4.69, 9.17) is 0 Å².